The summed E-state index contributed by atoms with van der Waals surface area (Å²) in [5, 5.41) is 0. The van der Waals surface area contributed by atoms with Crippen LogP contribution < -0.4 is 0 Å². The smallest absolute Gasteiger partial charge is 0.870 e. The Bertz CT molecular complexity index is 4.85. The number of hydrogen-bond acceptors (Lipinski definition) is 3. The zero-order chi connectivity index (χ0) is 0. The van der Waals surface area contributed by atoms with Crippen LogP contribution in [-0.2, 0) is 0 Å². The van der Waals surface area contributed by atoms with Gasteiger partial charge in [-0.05, 0) is 0 Å². The molecular formula is H6Al2O3. The van der Waals surface area contributed by atoms with Gasteiger partial charge in [0.15, 0.2) is 17.4 Å². The number of hydrogen-bond donors (Lipinski definition) is 0. The Hall–Kier alpha value is 0.945. The van der Waals surface area contributed by atoms with Gasteiger partial charge in [-0.25, -0.2) is 0 Å². The van der Waals surface area contributed by atoms with Gasteiger partial charge in [0.25, 0.3) is 0 Å². The molecule has 3 nitrogen and oxygen atoms in total. The van der Waals surface area contributed by atoms with Crippen molar-refractivity contribution < 1.29 is 16.4 Å². The van der Waals surface area contributed by atoms with Gasteiger partial charge in [-0.15, -0.1) is 0 Å². The Labute approximate surface area is 51.6 Å². The Kier molecular flexibility index (Phi) is 2810. The molecule has 0 aliphatic heterocycles. The minimum Gasteiger partial charge on any atom is -0.870 e. The van der Waals surface area contributed by atoms with Crippen LogP contribution in [0.5, 0.6) is 0 Å². The third kappa shape index (κ3) is 48.0. The molecule has 0 fully saturated rings. The molecule has 0 aliphatic carbocycles. The topological polar surface area (TPSA) is 90.0 Å². The minimum atomic E-state index is 0. The van der Waals surface area contributed by atoms with Crippen molar-refractivity contribution >= 4 is 34.7 Å². The molecule has 0 radical (unpaired) electrons. The molecule has 0 bridgehead atoms. The molecule has 0 aliphatic rings. The summed E-state index contributed by atoms with van der Waals surface area (Å²) in [5.74, 6) is 0. The van der Waals surface area contributed by atoms with Gasteiger partial charge < -0.3 is 16.4 Å². The molecule has 0 amide bonds. The molecule has 3 N–H and O–H groups in total. The van der Waals surface area contributed by atoms with Gasteiger partial charge in [-0.1, -0.05) is 0 Å². The number of rotatable bonds is 0. The Morgan fingerprint density at radius 3 is 0.600 bits per heavy atom. The fourth-order valence-corrected chi connectivity index (χ4v) is 0. The first-order chi connectivity index (χ1) is 0. The first-order valence-corrected chi connectivity index (χ1v) is 0. The second-order valence-corrected chi connectivity index (χ2v) is 0. The maximum absolute atomic E-state index is 0. The van der Waals surface area contributed by atoms with Crippen LogP contribution in [0, 0.1) is 0 Å². The van der Waals surface area contributed by atoms with E-state index in [-0.39, 0.29) is 51.2 Å². The van der Waals surface area contributed by atoms with Gasteiger partial charge in [-0.3, -0.25) is 0 Å². The predicted octanol–water partition coefficient (Wildman–Crippen LogP) is -2.10. The third-order valence-electron chi connectivity index (χ3n) is 0. The van der Waals surface area contributed by atoms with Crippen molar-refractivity contribution in [2.75, 3.05) is 0 Å². The SMILES string of the molecule is [Al+3].[AlH3].[OH-].[OH-].[OH-]. The molecule has 0 aromatic rings. The molecule has 5 heavy (non-hydrogen) atoms. The molecule has 0 spiro atoms. The Morgan fingerprint density at radius 1 is 0.600 bits per heavy atom. The van der Waals surface area contributed by atoms with Gasteiger partial charge in [0.1, 0.15) is 0 Å². The quantitative estimate of drug-likeness (QED) is 0.333. The zero-order valence-electron chi connectivity index (χ0n) is 1.92. The van der Waals surface area contributed by atoms with Crippen LogP contribution in [0.2, 0.25) is 0 Å². The van der Waals surface area contributed by atoms with Crippen LogP contribution in [0.15, 0.2) is 0 Å². The van der Waals surface area contributed by atoms with Gasteiger partial charge in [0, 0.05) is 0 Å². The van der Waals surface area contributed by atoms with E-state index in [1.165, 1.54) is 0 Å². The monoisotopic (exact) mass is 108 g/mol. The van der Waals surface area contributed by atoms with Crippen molar-refractivity contribution in [2.45, 2.75) is 0 Å². The summed E-state index contributed by atoms with van der Waals surface area (Å²) >= 11 is 0. The van der Waals surface area contributed by atoms with Crippen LogP contribution in [-0.4, -0.2) is 51.2 Å². The van der Waals surface area contributed by atoms with Crippen molar-refractivity contribution in [3.05, 3.63) is 0 Å². The largest absolute Gasteiger partial charge is 3.00 e. The Morgan fingerprint density at radius 2 is 0.600 bits per heavy atom. The summed E-state index contributed by atoms with van der Waals surface area (Å²) in [7, 11) is 0. The van der Waals surface area contributed by atoms with E-state index in [9.17, 15) is 0 Å². The second kappa shape index (κ2) is 86.2. The molecule has 0 aromatic heterocycles. The van der Waals surface area contributed by atoms with Crippen molar-refractivity contribution in [3.63, 3.8) is 0 Å². The van der Waals surface area contributed by atoms with E-state index in [0.29, 0.717) is 0 Å². The maximum atomic E-state index is 0. The minimum absolute atomic E-state index is 0. The van der Waals surface area contributed by atoms with E-state index in [2.05, 4.69) is 0 Å². The van der Waals surface area contributed by atoms with Crippen molar-refractivity contribution in [3.8, 4) is 0 Å². The summed E-state index contributed by atoms with van der Waals surface area (Å²) in [6.45, 7) is 0. The summed E-state index contributed by atoms with van der Waals surface area (Å²) < 4.78 is 0. The molecule has 5 heteroatoms. The van der Waals surface area contributed by atoms with Gasteiger partial charge >= 0.3 is 17.4 Å². The molecule has 0 atom stereocenters. The van der Waals surface area contributed by atoms with Crippen molar-refractivity contribution in [2.24, 2.45) is 0 Å². The molecular weight excluding hydrogens is 102 g/mol. The van der Waals surface area contributed by atoms with Crippen LogP contribution in [0.4, 0.5) is 0 Å². The molecule has 0 aromatic carbocycles. The molecule has 0 heterocycles. The second-order valence-electron chi connectivity index (χ2n) is 0. The van der Waals surface area contributed by atoms with Crippen LogP contribution in [0.1, 0.15) is 0 Å². The molecule has 0 unspecified atom stereocenters. The summed E-state index contributed by atoms with van der Waals surface area (Å²) in [6, 6.07) is 0. The standard InChI is InChI=1S/2Al.3H2O.3H/h;;3*1H2;;;/q;+3;;;;;;/p-3. The van der Waals surface area contributed by atoms with Gasteiger partial charge in [-0.2, -0.15) is 0 Å². The first kappa shape index (κ1) is 163. The zero-order valence-corrected chi connectivity index (χ0v) is 3.07. The van der Waals surface area contributed by atoms with E-state index in [4.69, 9.17) is 0 Å². The van der Waals surface area contributed by atoms with Gasteiger partial charge in [0.05, 0.1) is 0 Å². The average Bonchev–Trinajstić information content (AvgIpc) is 0. The molecule has 0 rings (SSSR count). The first-order valence-electron chi connectivity index (χ1n) is 0. The Balaban J connectivity index is 0. The average molecular weight is 108 g/mol. The summed E-state index contributed by atoms with van der Waals surface area (Å²) in [5.41, 5.74) is 0. The summed E-state index contributed by atoms with van der Waals surface area (Å²) in [6.07, 6.45) is 0. The van der Waals surface area contributed by atoms with E-state index in [1.807, 2.05) is 0 Å². The van der Waals surface area contributed by atoms with Crippen LogP contribution in [0.3, 0.4) is 0 Å². The van der Waals surface area contributed by atoms with Gasteiger partial charge in [0.2, 0.25) is 0 Å². The maximum Gasteiger partial charge on any atom is 3.00 e. The van der Waals surface area contributed by atoms with Crippen molar-refractivity contribution in [1.82, 2.24) is 0 Å². The fourth-order valence-electron chi connectivity index (χ4n) is 0. The molecule has 30 valence electrons. The van der Waals surface area contributed by atoms with E-state index < -0.39 is 0 Å². The summed E-state index contributed by atoms with van der Waals surface area (Å²) in [4.78, 5) is 0. The predicted molar refractivity (Wildman–Crippen MR) is 21.5 cm³/mol. The normalized spacial score (nSPS) is 0. The van der Waals surface area contributed by atoms with Crippen LogP contribution in [0.25, 0.3) is 0 Å². The fraction of sp³-hybridized carbons (Fsp3) is 0. The van der Waals surface area contributed by atoms with E-state index in [1.54, 1.807) is 0 Å². The van der Waals surface area contributed by atoms with Crippen molar-refractivity contribution in [1.29, 1.82) is 0 Å². The third-order valence-corrected chi connectivity index (χ3v) is 0. The van der Waals surface area contributed by atoms with E-state index >= 15 is 0 Å². The molecule has 0 saturated carbocycles. The van der Waals surface area contributed by atoms with Crippen LogP contribution >= 0.6 is 0 Å². The molecule has 0 saturated heterocycles. The van der Waals surface area contributed by atoms with E-state index in [0.717, 1.165) is 0 Å².